The van der Waals surface area contributed by atoms with Crippen LogP contribution in [-0.2, 0) is 4.79 Å². The molecule has 5 nitrogen and oxygen atoms in total. The van der Waals surface area contributed by atoms with Crippen molar-refractivity contribution in [1.82, 2.24) is 5.43 Å². The van der Waals surface area contributed by atoms with E-state index in [1.807, 2.05) is 72.8 Å². The predicted molar refractivity (Wildman–Crippen MR) is 118 cm³/mol. The van der Waals surface area contributed by atoms with Crippen LogP contribution in [0.2, 0.25) is 0 Å². The number of benzene rings is 4. The van der Waals surface area contributed by atoms with Crippen LogP contribution in [0.25, 0.3) is 21.5 Å². The Morgan fingerprint density at radius 2 is 1.55 bits per heavy atom. The van der Waals surface area contributed by atoms with Gasteiger partial charge >= 0.3 is 0 Å². The smallest absolute Gasteiger partial charge is 0.262 e. The van der Waals surface area contributed by atoms with Gasteiger partial charge in [0.25, 0.3) is 5.91 Å². The highest BCUT2D eigenvalue weighted by Crippen LogP contribution is 2.25. The van der Waals surface area contributed by atoms with E-state index < -0.39 is 6.04 Å². The number of anilines is 1. The van der Waals surface area contributed by atoms with Crippen LogP contribution in [0.1, 0.15) is 12.5 Å². The number of phenols is 1. The average Bonchev–Trinajstić information content (AvgIpc) is 2.75. The molecule has 144 valence electrons. The van der Waals surface area contributed by atoms with Gasteiger partial charge < -0.3 is 10.4 Å². The summed E-state index contributed by atoms with van der Waals surface area (Å²) in [7, 11) is 0. The highest BCUT2D eigenvalue weighted by atomic mass is 16.3. The maximum Gasteiger partial charge on any atom is 0.262 e. The van der Waals surface area contributed by atoms with Crippen molar-refractivity contribution in [3.63, 3.8) is 0 Å². The molecule has 4 aromatic carbocycles. The minimum Gasteiger partial charge on any atom is -0.507 e. The summed E-state index contributed by atoms with van der Waals surface area (Å²) in [6.07, 6.45) is 1.47. The third-order valence-corrected chi connectivity index (χ3v) is 4.87. The monoisotopic (exact) mass is 383 g/mol. The first-order valence-electron chi connectivity index (χ1n) is 9.41. The molecule has 0 aliphatic carbocycles. The number of amides is 1. The lowest BCUT2D eigenvalue weighted by molar-refractivity contribution is -0.121. The number of aromatic hydroxyl groups is 1. The Balaban J connectivity index is 1.48. The number of hydrazone groups is 1. The fourth-order valence-corrected chi connectivity index (χ4v) is 3.33. The van der Waals surface area contributed by atoms with Gasteiger partial charge in [0.15, 0.2) is 0 Å². The second-order valence-corrected chi connectivity index (χ2v) is 6.85. The summed E-state index contributed by atoms with van der Waals surface area (Å²) in [4.78, 5) is 12.5. The van der Waals surface area contributed by atoms with Crippen LogP contribution < -0.4 is 10.7 Å². The molecular formula is C24H21N3O2. The molecule has 0 unspecified atom stereocenters. The van der Waals surface area contributed by atoms with Crippen LogP contribution in [0.15, 0.2) is 84.0 Å². The predicted octanol–water partition coefficient (Wildman–Crippen LogP) is 4.65. The van der Waals surface area contributed by atoms with Gasteiger partial charge in [0.1, 0.15) is 11.8 Å². The van der Waals surface area contributed by atoms with Gasteiger partial charge in [0, 0.05) is 16.6 Å². The van der Waals surface area contributed by atoms with Crippen molar-refractivity contribution in [3.8, 4) is 5.75 Å². The van der Waals surface area contributed by atoms with E-state index in [1.54, 1.807) is 13.0 Å². The number of hydrogen-bond acceptors (Lipinski definition) is 4. The normalized spacial score (nSPS) is 12.3. The number of nitrogens with one attached hydrogen (secondary N) is 2. The first kappa shape index (κ1) is 18.5. The van der Waals surface area contributed by atoms with Gasteiger partial charge in [-0.1, -0.05) is 66.7 Å². The molecule has 1 amide bonds. The molecule has 4 aromatic rings. The molecule has 0 fully saturated rings. The average molecular weight is 383 g/mol. The van der Waals surface area contributed by atoms with Gasteiger partial charge in [0.2, 0.25) is 0 Å². The van der Waals surface area contributed by atoms with Crippen molar-refractivity contribution in [2.75, 3.05) is 5.32 Å². The first-order chi connectivity index (χ1) is 14.1. The highest BCUT2D eigenvalue weighted by molar-refractivity contribution is 6.02. The van der Waals surface area contributed by atoms with Crippen LogP contribution in [0.3, 0.4) is 0 Å². The summed E-state index contributed by atoms with van der Waals surface area (Å²) >= 11 is 0. The molecule has 5 heteroatoms. The Bertz CT molecular complexity index is 1210. The zero-order valence-corrected chi connectivity index (χ0v) is 16.0. The third kappa shape index (κ3) is 3.89. The summed E-state index contributed by atoms with van der Waals surface area (Å²) < 4.78 is 0. The largest absolute Gasteiger partial charge is 0.507 e. The van der Waals surface area contributed by atoms with Crippen LogP contribution in [0, 0.1) is 0 Å². The van der Waals surface area contributed by atoms with Crippen molar-refractivity contribution in [1.29, 1.82) is 0 Å². The number of hydrogen-bond donors (Lipinski definition) is 3. The van der Waals surface area contributed by atoms with Crippen LogP contribution in [0.4, 0.5) is 5.69 Å². The fourth-order valence-electron chi connectivity index (χ4n) is 3.33. The highest BCUT2D eigenvalue weighted by Gasteiger charge is 2.13. The second kappa shape index (κ2) is 8.02. The van der Waals surface area contributed by atoms with Crippen molar-refractivity contribution in [2.24, 2.45) is 5.10 Å². The van der Waals surface area contributed by atoms with E-state index in [2.05, 4.69) is 15.8 Å². The van der Waals surface area contributed by atoms with Crippen LogP contribution in [-0.4, -0.2) is 23.3 Å². The van der Waals surface area contributed by atoms with Crippen molar-refractivity contribution in [2.45, 2.75) is 13.0 Å². The molecule has 0 saturated heterocycles. The summed E-state index contributed by atoms with van der Waals surface area (Å²) in [5.74, 6) is -0.155. The number of carbonyl (C=O) groups excluding carboxylic acids is 1. The zero-order chi connectivity index (χ0) is 20.2. The summed E-state index contributed by atoms with van der Waals surface area (Å²) in [6, 6.07) is 24.6. The number of nitrogens with zero attached hydrogens (tertiary/aromatic N) is 1. The molecule has 29 heavy (non-hydrogen) atoms. The lowest BCUT2D eigenvalue weighted by Gasteiger charge is -2.15. The van der Waals surface area contributed by atoms with E-state index in [0.29, 0.717) is 5.56 Å². The van der Waals surface area contributed by atoms with E-state index in [9.17, 15) is 9.90 Å². The van der Waals surface area contributed by atoms with Gasteiger partial charge in [0.05, 0.1) is 6.21 Å². The second-order valence-electron chi connectivity index (χ2n) is 6.85. The standard InChI is InChI=1S/C24H21N3O2/c1-16(26-22-12-6-9-17-7-3-5-11-20(17)22)24(29)27-25-15-21-19-10-4-2-8-18(19)13-14-23(21)28/h2-16,26,28H,1H3,(H,27,29)/b25-15+/t16-/m0/s1. The van der Waals surface area contributed by atoms with E-state index in [1.165, 1.54) is 6.21 Å². The molecule has 0 aliphatic heterocycles. The lowest BCUT2D eigenvalue weighted by Crippen LogP contribution is -2.34. The van der Waals surface area contributed by atoms with Crippen molar-refractivity contribution < 1.29 is 9.90 Å². The molecular weight excluding hydrogens is 362 g/mol. The maximum absolute atomic E-state index is 12.5. The van der Waals surface area contributed by atoms with Gasteiger partial charge in [-0.2, -0.15) is 5.10 Å². The molecule has 0 heterocycles. The van der Waals surface area contributed by atoms with Gasteiger partial charge in [-0.25, -0.2) is 5.43 Å². The van der Waals surface area contributed by atoms with Crippen molar-refractivity contribution in [3.05, 3.63) is 84.4 Å². The van der Waals surface area contributed by atoms with Gasteiger partial charge in [-0.3, -0.25) is 4.79 Å². The van der Waals surface area contributed by atoms with E-state index >= 15 is 0 Å². The Hall–Kier alpha value is -3.86. The number of carbonyl (C=O) groups is 1. The van der Waals surface area contributed by atoms with Gasteiger partial charge in [-0.05, 0) is 35.2 Å². The van der Waals surface area contributed by atoms with Crippen molar-refractivity contribution >= 4 is 39.4 Å². The summed E-state index contributed by atoms with van der Waals surface area (Å²) in [5.41, 5.74) is 4.01. The zero-order valence-electron chi connectivity index (χ0n) is 16.0. The lowest BCUT2D eigenvalue weighted by atomic mass is 10.0. The quantitative estimate of drug-likeness (QED) is 0.347. The van der Waals surface area contributed by atoms with E-state index in [4.69, 9.17) is 0 Å². The Labute approximate surface area is 168 Å². The maximum atomic E-state index is 12.5. The Kier molecular flexibility index (Phi) is 5.12. The number of fused-ring (bicyclic) bond motifs is 2. The molecule has 0 spiro atoms. The summed E-state index contributed by atoms with van der Waals surface area (Å²) in [5, 5.41) is 21.5. The minimum absolute atomic E-state index is 0.114. The molecule has 4 rings (SSSR count). The molecule has 0 saturated carbocycles. The topological polar surface area (TPSA) is 73.7 Å². The number of phenolic OH excluding ortho intramolecular Hbond substituents is 1. The number of rotatable bonds is 5. The van der Waals surface area contributed by atoms with E-state index in [0.717, 1.165) is 27.2 Å². The van der Waals surface area contributed by atoms with Crippen LogP contribution in [0.5, 0.6) is 5.75 Å². The SMILES string of the molecule is C[C@H](Nc1cccc2ccccc12)C(=O)N/N=C/c1c(O)ccc2ccccc12. The molecule has 0 bridgehead atoms. The molecule has 3 N–H and O–H groups in total. The van der Waals surface area contributed by atoms with Gasteiger partial charge in [-0.15, -0.1) is 0 Å². The fraction of sp³-hybridized carbons (Fsp3) is 0.0833. The summed E-state index contributed by atoms with van der Waals surface area (Å²) in [6.45, 7) is 1.78. The minimum atomic E-state index is -0.487. The first-order valence-corrected chi connectivity index (χ1v) is 9.41. The molecule has 0 radical (unpaired) electrons. The molecule has 1 atom stereocenters. The third-order valence-electron chi connectivity index (χ3n) is 4.87. The Morgan fingerprint density at radius 3 is 2.34 bits per heavy atom. The molecule has 0 aromatic heterocycles. The Morgan fingerprint density at radius 1 is 0.897 bits per heavy atom. The van der Waals surface area contributed by atoms with Crippen LogP contribution >= 0.6 is 0 Å². The van der Waals surface area contributed by atoms with E-state index in [-0.39, 0.29) is 11.7 Å². The molecule has 0 aliphatic rings.